The van der Waals surface area contributed by atoms with Crippen LogP contribution in [0.1, 0.15) is 6.42 Å². The molecule has 1 aliphatic rings. The lowest BCUT2D eigenvalue weighted by molar-refractivity contribution is -0.139. The number of nitrogens with zero attached hydrogens (tertiary/aromatic N) is 2. The van der Waals surface area contributed by atoms with Crippen molar-refractivity contribution < 1.29 is 14.3 Å². The molecule has 1 unspecified atom stereocenters. The van der Waals surface area contributed by atoms with Crippen LogP contribution in [0.4, 0.5) is 0 Å². The molecular formula is C14H22N2O3. The summed E-state index contributed by atoms with van der Waals surface area (Å²) in [5.74, 6) is -0.550. The van der Waals surface area contributed by atoms with E-state index in [0.717, 1.165) is 6.42 Å². The van der Waals surface area contributed by atoms with Crippen LogP contribution >= 0.6 is 0 Å². The molecule has 0 bridgehead atoms. The van der Waals surface area contributed by atoms with Gasteiger partial charge < -0.3 is 14.5 Å². The zero-order valence-corrected chi connectivity index (χ0v) is 11.7. The van der Waals surface area contributed by atoms with Gasteiger partial charge in [0.25, 0.3) is 0 Å². The summed E-state index contributed by atoms with van der Waals surface area (Å²) in [5.41, 5.74) is 0.316. The van der Waals surface area contributed by atoms with E-state index in [1.165, 1.54) is 0 Å². The average molecular weight is 266 g/mol. The Bertz CT molecular complexity index is 377. The Balaban J connectivity index is 2.36. The van der Waals surface area contributed by atoms with Gasteiger partial charge in [0, 0.05) is 18.7 Å². The van der Waals surface area contributed by atoms with Crippen molar-refractivity contribution in [3.05, 3.63) is 24.8 Å². The van der Waals surface area contributed by atoms with Crippen LogP contribution in [0, 0.1) is 5.92 Å². The molecule has 0 aromatic carbocycles. The molecule has 5 nitrogen and oxygen atoms in total. The standard InChI is InChI=1S/C14H22N2O3/c1-5-12-6-7-16(13(12)17)10-11(2)14(18)19-9-8-15(3)4/h5,12H,1-2,6-10H2,3-4H3. The third kappa shape index (κ3) is 4.52. The Labute approximate surface area is 114 Å². The second-order valence-electron chi connectivity index (χ2n) is 4.93. The number of likely N-dealkylation sites (N-methyl/N-ethyl adjacent to an activating group) is 1. The van der Waals surface area contributed by atoms with Crippen molar-refractivity contribution in [1.29, 1.82) is 0 Å². The molecule has 1 amide bonds. The highest BCUT2D eigenvalue weighted by Gasteiger charge is 2.30. The maximum absolute atomic E-state index is 11.9. The fourth-order valence-electron chi connectivity index (χ4n) is 1.86. The molecule has 106 valence electrons. The normalized spacial score (nSPS) is 18.8. The van der Waals surface area contributed by atoms with Gasteiger partial charge in [-0.25, -0.2) is 4.79 Å². The zero-order chi connectivity index (χ0) is 14.4. The third-order valence-electron chi connectivity index (χ3n) is 3.07. The topological polar surface area (TPSA) is 49.9 Å². The second-order valence-corrected chi connectivity index (χ2v) is 4.93. The van der Waals surface area contributed by atoms with Crippen molar-refractivity contribution in [2.45, 2.75) is 6.42 Å². The molecule has 1 rings (SSSR count). The molecule has 0 aliphatic carbocycles. The van der Waals surface area contributed by atoms with Crippen molar-refractivity contribution in [3.8, 4) is 0 Å². The van der Waals surface area contributed by atoms with Crippen molar-refractivity contribution in [1.82, 2.24) is 9.80 Å². The Morgan fingerprint density at radius 2 is 2.26 bits per heavy atom. The molecule has 0 N–H and O–H groups in total. The third-order valence-corrected chi connectivity index (χ3v) is 3.07. The summed E-state index contributed by atoms with van der Waals surface area (Å²) in [4.78, 5) is 27.1. The summed E-state index contributed by atoms with van der Waals surface area (Å²) in [6.45, 7) is 9.20. The number of ether oxygens (including phenoxy) is 1. The van der Waals surface area contributed by atoms with Crippen molar-refractivity contribution in [3.63, 3.8) is 0 Å². The van der Waals surface area contributed by atoms with E-state index in [2.05, 4.69) is 13.2 Å². The van der Waals surface area contributed by atoms with Gasteiger partial charge in [-0.2, -0.15) is 0 Å². The summed E-state index contributed by atoms with van der Waals surface area (Å²) in [5, 5.41) is 0. The van der Waals surface area contributed by atoms with Gasteiger partial charge in [-0.3, -0.25) is 4.79 Å². The molecule has 1 saturated heterocycles. The first-order chi connectivity index (χ1) is 8.95. The second kappa shape index (κ2) is 7.09. The largest absolute Gasteiger partial charge is 0.461 e. The average Bonchev–Trinajstić information content (AvgIpc) is 2.69. The van der Waals surface area contributed by atoms with Crippen LogP contribution in [0.15, 0.2) is 24.8 Å². The molecular weight excluding hydrogens is 244 g/mol. The molecule has 0 radical (unpaired) electrons. The van der Waals surface area contributed by atoms with Crippen molar-refractivity contribution in [2.75, 3.05) is 40.3 Å². The van der Waals surface area contributed by atoms with Crippen LogP contribution in [0.5, 0.6) is 0 Å². The summed E-state index contributed by atoms with van der Waals surface area (Å²) < 4.78 is 5.08. The zero-order valence-electron chi connectivity index (χ0n) is 11.7. The Morgan fingerprint density at radius 3 is 2.79 bits per heavy atom. The number of carbonyl (C=O) groups excluding carboxylic acids is 2. The molecule has 0 aromatic heterocycles. The van der Waals surface area contributed by atoms with Crippen LogP contribution in [0.25, 0.3) is 0 Å². The summed E-state index contributed by atoms with van der Waals surface area (Å²) in [6.07, 6.45) is 2.41. The number of hydrogen-bond donors (Lipinski definition) is 0. The van der Waals surface area contributed by atoms with Crippen molar-refractivity contribution >= 4 is 11.9 Å². The van der Waals surface area contributed by atoms with Crippen LogP contribution in [-0.4, -0.2) is 62.0 Å². The molecule has 1 aliphatic heterocycles. The van der Waals surface area contributed by atoms with Gasteiger partial charge in [0.1, 0.15) is 6.61 Å². The first-order valence-corrected chi connectivity index (χ1v) is 6.36. The predicted octanol–water partition coefficient (Wildman–Crippen LogP) is 0.682. The molecule has 19 heavy (non-hydrogen) atoms. The molecule has 1 fully saturated rings. The van der Waals surface area contributed by atoms with E-state index in [9.17, 15) is 9.59 Å². The summed E-state index contributed by atoms with van der Waals surface area (Å²) >= 11 is 0. The highest BCUT2D eigenvalue weighted by molar-refractivity contribution is 5.90. The molecule has 5 heteroatoms. The Morgan fingerprint density at radius 1 is 1.58 bits per heavy atom. The van der Waals surface area contributed by atoms with Crippen molar-refractivity contribution in [2.24, 2.45) is 5.92 Å². The van der Waals surface area contributed by atoms with Crippen LogP contribution < -0.4 is 0 Å². The summed E-state index contributed by atoms with van der Waals surface area (Å²) in [7, 11) is 3.81. The molecule has 0 aromatic rings. The van der Waals surface area contributed by atoms with Crippen LogP contribution in [0.2, 0.25) is 0 Å². The van der Waals surface area contributed by atoms with E-state index in [-0.39, 0.29) is 18.4 Å². The minimum absolute atomic E-state index is 0.0113. The van der Waals surface area contributed by atoms with Gasteiger partial charge in [-0.1, -0.05) is 12.7 Å². The lowest BCUT2D eigenvalue weighted by Gasteiger charge is -2.17. The van der Waals surface area contributed by atoms with Gasteiger partial charge in [0.05, 0.1) is 12.5 Å². The predicted molar refractivity (Wildman–Crippen MR) is 73.5 cm³/mol. The monoisotopic (exact) mass is 266 g/mol. The van der Waals surface area contributed by atoms with E-state index in [1.54, 1.807) is 11.0 Å². The quantitative estimate of drug-likeness (QED) is 0.386. The number of rotatable bonds is 7. The van der Waals surface area contributed by atoms with Gasteiger partial charge in [-0.05, 0) is 20.5 Å². The molecule has 1 heterocycles. The van der Waals surface area contributed by atoms with E-state index in [0.29, 0.717) is 25.3 Å². The number of hydrogen-bond acceptors (Lipinski definition) is 4. The molecule has 0 spiro atoms. The first kappa shape index (κ1) is 15.4. The number of amides is 1. The SMILES string of the molecule is C=CC1CCN(CC(=C)C(=O)OCCN(C)C)C1=O. The Kier molecular flexibility index (Phi) is 5.76. The highest BCUT2D eigenvalue weighted by Crippen LogP contribution is 2.19. The number of esters is 1. The molecule has 1 atom stereocenters. The van der Waals surface area contributed by atoms with Gasteiger partial charge >= 0.3 is 5.97 Å². The van der Waals surface area contributed by atoms with Gasteiger partial charge in [-0.15, -0.1) is 6.58 Å². The fraction of sp³-hybridized carbons (Fsp3) is 0.571. The smallest absolute Gasteiger partial charge is 0.335 e. The lowest BCUT2D eigenvalue weighted by atomic mass is 10.1. The molecule has 0 saturated carbocycles. The summed E-state index contributed by atoms with van der Waals surface area (Å²) in [6, 6.07) is 0. The maximum Gasteiger partial charge on any atom is 0.335 e. The van der Waals surface area contributed by atoms with Gasteiger partial charge in [0.2, 0.25) is 5.91 Å². The van der Waals surface area contributed by atoms with E-state index in [4.69, 9.17) is 4.74 Å². The Hall–Kier alpha value is -1.62. The first-order valence-electron chi connectivity index (χ1n) is 6.36. The minimum Gasteiger partial charge on any atom is -0.461 e. The number of carbonyl (C=O) groups is 2. The van der Waals surface area contributed by atoms with E-state index < -0.39 is 5.97 Å². The van der Waals surface area contributed by atoms with Crippen LogP contribution in [0.3, 0.4) is 0 Å². The van der Waals surface area contributed by atoms with Crippen LogP contribution in [-0.2, 0) is 14.3 Å². The van der Waals surface area contributed by atoms with Gasteiger partial charge in [0.15, 0.2) is 0 Å². The van der Waals surface area contributed by atoms with E-state index in [1.807, 2.05) is 19.0 Å². The number of likely N-dealkylation sites (tertiary alicyclic amines) is 1. The van der Waals surface area contributed by atoms with E-state index >= 15 is 0 Å². The minimum atomic E-state index is -0.434. The maximum atomic E-state index is 11.9. The fourth-order valence-corrected chi connectivity index (χ4v) is 1.86. The highest BCUT2D eigenvalue weighted by atomic mass is 16.5. The lowest BCUT2D eigenvalue weighted by Crippen LogP contribution is -2.31.